The van der Waals surface area contributed by atoms with Gasteiger partial charge in [0, 0.05) is 11.3 Å². The molecule has 0 spiro atoms. The van der Waals surface area contributed by atoms with E-state index in [4.69, 9.17) is 4.74 Å². The molecule has 0 bridgehead atoms. The van der Waals surface area contributed by atoms with Gasteiger partial charge in [0.25, 0.3) is 5.91 Å². The van der Waals surface area contributed by atoms with Gasteiger partial charge in [0.15, 0.2) is 4.34 Å². The Balaban J connectivity index is 1.47. The molecule has 0 aliphatic rings. The number of carbonyl (C=O) groups is 3. The number of methoxy groups -OCH3 is 1. The van der Waals surface area contributed by atoms with E-state index in [2.05, 4.69) is 25.6 Å². The van der Waals surface area contributed by atoms with Crippen LogP contribution in [0.1, 0.15) is 27.6 Å². The summed E-state index contributed by atoms with van der Waals surface area (Å²) >= 11 is 2.38. The van der Waals surface area contributed by atoms with Crippen LogP contribution in [0.3, 0.4) is 0 Å². The van der Waals surface area contributed by atoms with Gasteiger partial charge in [-0.3, -0.25) is 14.9 Å². The number of hydrogen-bond donors (Lipinski definition) is 2. The molecular weight excluding hydrogens is 452 g/mol. The highest BCUT2D eigenvalue weighted by atomic mass is 32.2. The summed E-state index contributed by atoms with van der Waals surface area (Å²) in [6.45, 7) is 2.44. The lowest BCUT2D eigenvalue weighted by Crippen LogP contribution is -2.14. The summed E-state index contributed by atoms with van der Waals surface area (Å²) in [7, 11) is 1.31. The molecule has 0 saturated heterocycles. The molecule has 1 aromatic heterocycles. The maximum Gasteiger partial charge on any atom is 0.337 e. The lowest BCUT2D eigenvalue weighted by Gasteiger charge is -2.05. The number of anilines is 2. The minimum atomic E-state index is -0.444. The Morgan fingerprint density at radius 1 is 0.969 bits per heavy atom. The lowest BCUT2D eigenvalue weighted by molar-refractivity contribution is -0.113. The van der Waals surface area contributed by atoms with Crippen LogP contribution in [0.4, 0.5) is 10.8 Å². The minimum absolute atomic E-state index is 0.111. The number of aromatic nitrogens is 2. The van der Waals surface area contributed by atoms with E-state index in [-0.39, 0.29) is 17.6 Å². The number of carbonyl (C=O) groups excluding carboxylic acids is 3. The molecule has 0 fully saturated rings. The summed E-state index contributed by atoms with van der Waals surface area (Å²) in [5.74, 6) is -0.193. The van der Waals surface area contributed by atoms with Crippen LogP contribution in [0, 0.1) is 0 Å². The molecule has 0 radical (unpaired) electrons. The molecule has 166 valence electrons. The Labute approximate surface area is 192 Å². The van der Waals surface area contributed by atoms with E-state index in [1.807, 2.05) is 6.92 Å². The van der Waals surface area contributed by atoms with Crippen LogP contribution < -0.4 is 15.4 Å². The first kappa shape index (κ1) is 23.2. The number of esters is 1. The van der Waals surface area contributed by atoms with E-state index < -0.39 is 5.97 Å². The van der Waals surface area contributed by atoms with Crippen molar-refractivity contribution in [3.8, 4) is 5.75 Å². The molecule has 3 rings (SSSR count). The first-order valence-corrected chi connectivity index (χ1v) is 11.3. The lowest BCUT2D eigenvalue weighted by atomic mass is 10.2. The van der Waals surface area contributed by atoms with Gasteiger partial charge in [-0.05, 0) is 55.5 Å². The van der Waals surface area contributed by atoms with Gasteiger partial charge < -0.3 is 14.8 Å². The Kier molecular flexibility index (Phi) is 8.17. The maximum absolute atomic E-state index is 12.3. The second-order valence-corrected chi connectivity index (χ2v) is 8.39. The van der Waals surface area contributed by atoms with Crippen molar-refractivity contribution in [1.29, 1.82) is 0 Å². The molecule has 1 heterocycles. The van der Waals surface area contributed by atoms with Crippen molar-refractivity contribution in [2.45, 2.75) is 11.3 Å². The number of rotatable bonds is 9. The molecule has 0 atom stereocenters. The Morgan fingerprint density at radius 3 is 2.31 bits per heavy atom. The minimum Gasteiger partial charge on any atom is -0.494 e. The van der Waals surface area contributed by atoms with E-state index in [1.165, 1.54) is 30.2 Å². The zero-order valence-corrected chi connectivity index (χ0v) is 18.9. The number of ether oxygens (including phenoxy) is 2. The van der Waals surface area contributed by atoms with Crippen LogP contribution in [0.25, 0.3) is 0 Å². The van der Waals surface area contributed by atoms with Gasteiger partial charge in [0.05, 0.1) is 25.0 Å². The first-order chi connectivity index (χ1) is 15.5. The van der Waals surface area contributed by atoms with Crippen molar-refractivity contribution in [2.75, 3.05) is 30.1 Å². The molecule has 2 amide bonds. The SMILES string of the molecule is CCOc1ccc(C(=O)Nc2nnc(SCC(=O)Nc3ccc(C(=O)OC)cc3)s2)cc1. The van der Waals surface area contributed by atoms with Gasteiger partial charge in [-0.25, -0.2) is 4.79 Å². The van der Waals surface area contributed by atoms with Crippen LogP contribution in [0.2, 0.25) is 0 Å². The van der Waals surface area contributed by atoms with Crippen molar-refractivity contribution in [1.82, 2.24) is 10.2 Å². The average Bonchev–Trinajstić information content (AvgIpc) is 3.25. The summed E-state index contributed by atoms with van der Waals surface area (Å²) in [5, 5.41) is 13.7. The predicted molar refractivity (Wildman–Crippen MR) is 123 cm³/mol. The molecule has 11 heteroatoms. The zero-order chi connectivity index (χ0) is 22.9. The van der Waals surface area contributed by atoms with Crippen molar-refractivity contribution in [3.63, 3.8) is 0 Å². The zero-order valence-electron chi connectivity index (χ0n) is 17.3. The topological polar surface area (TPSA) is 120 Å². The third-order valence-electron chi connectivity index (χ3n) is 3.97. The van der Waals surface area contributed by atoms with Crippen LogP contribution in [-0.4, -0.2) is 47.5 Å². The van der Waals surface area contributed by atoms with Gasteiger partial charge >= 0.3 is 5.97 Å². The summed E-state index contributed by atoms with van der Waals surface area (Å²) in [6.07, 6.45) is 0. The number of nitrogens with one attached hydrogen (secondary N) is 2. The molecule has 3 aromatic rings. The van der Waals surface area contributed by atoms with Gasteiger partial charge in [0.1, 0.15) is 5.75 Å². The Bertz CT molecular complexity index is 1080. The molecule has 0 aliphatic carbocycles. The smallest absolute Gasteiger partial charge is 0.337 e. The second-order valence-electron chi connectivity index (χ2n) is 6.19. The predicted octanol–water partition coefficient (Wildman–Crippen LogP) is 3.71. The summed E-state index contributed by atoms with van der Waals surface area (Å²) < 4.78 is 10.5. The summed E-state index contributed by atoms with van der Waals surface area (Å²) in [4.78, 5) is 35.9. The monoisotopic (exact) mass is 472 g/mol. The molecule has 9 nitrogen and oxygen atoms in total. The van der Waals surface area contributed by atoms with Crippen LogP contribution in [0.5, 0.6) is 5.75 Å². The highest BCUT2D eigenvalue weighted by Crippen LogP contribution is 2.26. The van der Waals surface area contributed by atoms with E-state index in [9.17, 15) is 14.4 Å². The molecule has 32 heavy (non-hydrogen) atoms. The Hall–Kier alpha value is -3.44. The number of amides is 2. The van der Waals surface area contributed by atoms with Crippen LogP contribution in [-0.2, 0) is 9.53 Å². The van der Waals surface area contributed by atoms with Gasteiger partial charge in [-0.15, -0.1) is 10.2 Å². The van der Waals surface area contributed by atoms with Crippen molar-refractivity contribution < 1.29 is 23.9 Å². The van der Waals surface area contributed by atoms with E-state index in [0.29, 0.717) is 38.6 Å². The largest absolute Gasteiger partial charge is 0.494 e. The fraction of sp³-hybridized carbons (Fsp3) is 0.190. The molecule has 2 N–H and O–H groups in total. The van der Waals surface area contributed by atoms with Crippen molar-refractivity contribution in [2.24, 2.45) is 0 Å². The molecule has 0 unspecified atom stereocenters. The fourth-order valence-corrected chi connectivity index (χ4v) is 4.04. The standard InChI is InChI=1S/C21H20N4O5S2/c1-3-30-16-10-6-13(7-11-16)18(27)23-20-24-25-21(32-20)31-12-17(26)22-15-8-4-14(5-9-15)19(28)29-2/h4-11H,3,12H2,1-2H3,(H,22,26)(H,23,24,27). The van der Waals surface area contributed by atoms with Crippen molar-refractivity contribution >= 4 is 51.7 Å². The molecule has 0 aliphatic heterocycles. The number of hydrogen-bond acceptors (Lipinski definition) is 9. The number of benzene rings is 2. The maximum atomic E-state index is 12.3. The quantitative estimate of drug-likeness (QED) is 0.275. The highest BCUT2D eigenvalue weighted by molar-refractivity contribution is 8.01. The van der Waals surface area contributed by atoms with E-state index >= 15 is 0 Å². The normalized spacial score (nSPS) is 10.3. The molecule has 2 aromatic carbocycles. The molecular formula is C21H20N4O5S2. The van der Waals surface area contributed by atoms with Gasteiger partial charge in [-0.1, -0.05) is 23.1 Å². The van der Waals surface area contributed by atoms with Crippen LogP contribution in [0.15, 0.2) is 52.9 Å². The Morgan fingerprint density at radius 2 is 1.66 bits per heavy atom. The number of thioether (sulfide) groups is 1. The molecule has 0 saturated carbocycles. The van der Waals surface area contributed by atoms with Crippen molar-refractivity contribution in [3.05, 3.63) is 59.7 Å². The third-order valence-corrected chi connectivity index (χ3v) is 5.94. The van der Waals surface area contributed by atoms with Crippen LogP contribution >= 0.6 is 23.1 Å². The summed E-state index contributed by atoms with van der Waals surface area (Å²) in [6, 6.07) is 13.2. The highest BCUT2D eigenvalue weighted by Gasteiger charge is 2.13. The van der Waals surface area contributed by atoms with Gasteiger partial charge in [0.2, 0.25) is 11.0 Å². The first-order valence-electron chi connectivity index (χ1n) is 9.47. The fourth-order valence-electron chi connectivity index (χ4n) is 2.49. The summed E-state index contributed by atoms with van der Waals surface area (Å²) in [5.41, 5.74) is 1.42. The number of nitrogens with zero attached hydrogens (tertiary/aromatic N) is 2. The average molecular weight is 473 g/mol. The van der Waals surface area contributed by atoms with Gasteiger partial charge in [-0.2, -0.15) is 0 Å². The van der Waals surface area contributed by atoms with E-state index in [1.54, 1.807) is 48.5 Å². The second kappa shape index (κ2) is 11.3. The third kappa shape index (κ3) is 6.53. The van der Waals surface area contributed by atoms with E-state index in [0.717, 1.165) is 0 Å².